The summed E-state index contributed by atoms with van der Waals surface area (Å²) in [7, 11) is 0. The van der Waals surface area contributed by atoms with Crippen LogP contribution in [0.25, 0.3) is 22.4 Å². The van der Waals surface area contributed by atoms with Crippen LogP contribution in [-0.4, -0.2) is 86.0 Å². The van der Waals surface area contributed by atoms with Crippen molar-refractivity contribution in [1.82, 2.24) is 30.2 Å². The van der Waals surface area contributed by atoms with Gasteiger partial charge in [-0.15, -0.1) is 10.2 Å². The first-order valence-corrected chi connectivity index (χ1v) is 17.6. The maximum atomic E-state index is 15.9. The van der Waals surface area contributed by atoms with Crippen LogP contribution >= 0.6 is 0 Å². The van der Waals surface area contributed by atoms with E-state index in [0.717, 1.165) is 42.7 Å². The van der Waals surface area contributed by atoms with Crippen LogP contribution in [0.1, 0.15) is 62.5 Å². The lowest BCUT2D eigenvalue weighted by atomic mass is 9.80. The molecule has 2 aromatic carbocycles. The van der Waals surface area contributed by atoms with E-state index in [1.54, 1.807) is 36.5 Å². The topological polar surface area (TPSA) is 152 Å². The van der Waals surface area contributed by atoms with E-state index in [-0.39, 0.29) is 48.3 Å². The number of imide groups is 1. The number of para-hydroxylation sites is 2. The molecule has 0 radical (unpaired) electrons. The molecule has 4 N–H and O–H groups in total. The number of nitrogens with zero attached hydrogens (tertiary/aromatic N) is 6. The van der Waals surface area contributed by atoms with Gasteiger partial charge in [0.2, 0.25) is 11.8 Å². The van der Waals surface area contributed by atoms with Crippen molar-refractivity contribution < 1.29 is 28.2 Å². The quantitative estimate of drug-likeness (QED) is 0.237. The standard InChI is InChI=1S/C37H40F2N8O4/c38-37(39)21-45(15-14-32(37)47-20-23(19-41-47)27-18-28(43-44-35(27)40)26-4-1-2-7-31(26)48)24-10-8-22(9-11-24)25-5-3-6-29-34(25)51-17-16-46(29)30-12-13-33(49)42-36(30)50/h1-7,18-20,22,24,30,32,48H,8-17,21H2,(H2,40,44)(H,42,49,50)/t22?,24?,30-,32-/m1/s1. The molecule has 266 valence electrons. The number of anilines is 2. The molecule has 2 aromatic heterocycles. The second kappa shape index (κ2) is 13.2. The molecule has 0 unspecified atom stereocenters. The summed E-state index contributed by atoms with van der Waals surface area (Å²) in [6.07, 6.45) is 7.43. The fourth-order valence-electron chi connectivity index (χ4n) is 8.36. The van der Waals surface area contributed by atoms with Gasteiger partial charge >= 0.3 is 0 Å². The molecule has 12 nitrogen and oxygen atoms in total. The van der Waals surface area contributed by atoms with Crippen molar-refractivity contribution in [2.45, 2.75) is 74.9 Å². The highest BCUT2D eigenvalue weighted by molar-refractivity contribution is 6.02. The van der Waals surface area contributed by atoms with Crippen LogP contribution in [0, 0.1) is 0 Å². The number of phenolic OH excluding ortho intramolecular Hbond substituents is 1. The number of amides is 2. The van der Waals surface area contributed by atoms with Crippen molar-refractivity contribution in [3.63, 3.8) is 0 Å². The van der Waals surface area contributed by atoms with E-state index in [0.29, 0.717) is 54.9 Å². The van der Waals surface area contributed by atoms with E-state index in [4.69, 9.17) is 10.5 Å². The Bertz CT molecular complexity index is 1960. The first-order chi connectivity index (χ1) is 24.7. The number of halogens is 2. The van der Waals surface area contributed by atoms with Crippen LogP contribution in [0.4, 0.5) is 20.3 Å². The molecular weight excluding hydrogens is 658 g/mol. The Balaban J connectivity index is 0.922. The Hall–Kier alpha value is -5.11. The molecular formula is C37H40F2N8O4. The fraction of sp³-hybridized carbons (Fsp3) is 0.432. The summed E-state index contributed by atoms with van der Waals surface area (Å²) in [4.78, 5) is 28.4. The van der Waals surface area contributed by atoms with Gasteiger partial charge in [0, 0.05) is 41.9 Å². The maximum Gasteiger partial charge on any atom is 0.282 e. The van der Waals surface area contributed by atoms with Crippen LogP contribution in [-0.2, 0) is 9.59 Å². The summed E-state index contributed by atoms with van der Waals surface area (Å²) in [6, 6.07) is 13.0. The van der Waals surface area contributed by atoms with Crippen LogP contribution in [0.3, 0.4) is 0 Å². The Morgan fingerprint density at radius 2 is 1.78 bits per heavy atom. The number of carbonyl (C=O) groups excluding carboxylic acids is 2. The van der Waals surface area contributed by atoms with Crippen molar-refractivity contribution >= 4 is 23.3 Å². The zero-order chi connectivity index (χ0) is 35.3. The monoisotopic (exact) mass is 698 g/mol. The van der Waals surface area contributed by atoms with Crippen molar-refractivity contribution in [2.75, 3.05) is 36.9 Å². The highest BCUT2D eigenvalue weighted by atomic mass is 19.3. The second-order valence-corrected chi connectivity index (χ2v) is 14.0. The van der Waals surface area contributed by atoms with Gasteiger partial charge < -0.3 is 20.5 Å². The first kappa shape index (κ1) is 33.1. The van der Waals surface area contributed by atoms with Crippen LogP contribution < -0.4 is 20.7 Å². The highest BCUT2D eigenvalue weighted by Gasteiger charge is 2.48. The van der Waals surface area contributed by atoms with Gasteiger partial charge in [-0.25, -0.2) is 8.78 Å². The molecule has 2 saturated heterocycles. The number of nitrogen functional groups attached to an aromatic ring is 1. The van der Waals surface area contributed by atoms with Gasteiger partial charge in [-0.3, -0.25) is 24.5 Å². The average Bonchev–Trinajstić information content (AvgIpc) is 3.61. The molecule has 2 amide bonds. The van der Waals surface area contributed by atoms with Crippen molar-refractivity contribution in [3.05, 3.63) is 66.5 Å². The zero-order valence-electron chi connectivity index (χ0n) is 28.0. The number of hydrogen-bond donors (Lipinski definition) is 3. The average molecular weight is 699 g/mol. The third-order valence-electron chi connectivity index (χ3n) is 11.0. The lowest BCUT2D eigenvalue weighted by Gasteiger charge is -2.44. The molecule has 4 aliphatic rings. The summed E-state index contributed by atoms with van der Waals surface area (Å²) in [5.74, 6) is -2.31. The Morgan fingerprint density at radius 1 is 0.961 bits per heavy atom. The number of likely N-dealkylation sites (tertiary alicyclic amines) is 1. The number of aromatic hydroxyl groups is 1. The number of aromatic nitrogens is 4. The largest absolute Gasteiger partial charge is 0.507 e. The highest BCUT2D eigenvalue weighted by Crippen LogP contribution is 2.46. The summed E-state index contributed by atoms with van der Waals surface area (Å²) in [6.45, 7) is 1.20. The van der Waals surface area contributed by atoms with Crippen molar-refractivity contribution in [1.29, 1.82) is 0 Å². The van der Waals surface area contributed by atoms with Crippen LogP contribution in [0.5, 0.6) is 11.5 Å². The molecule has 3 aliphatic heterocycles. The summed E-state index contributed by atoms with van der Waals surface area (Å²) in [5, 5.41) is 25.3. The molecule has 8 rings (SSSR count). The lowest BCUT2D eigenvalue weighted by Crippen LogP contribution is -2.54. The number of piperidine rings is 2. The summed E-state index contributed by atoms with van der Waals surface area (Å²) < 4.78 is 39.4. The number of fused-ring (bicyclic) bond motifs is 1. The summed E-state index contributed by atoms with van der Waals surface area (Å²) >= 11 is 0. The molecule has 1 saturated carbocycles. The molecule has 14 heteroatoms. The van der Waals surface area contributed by atoms with E-state index in [9.17, 15) is 14.7 Å². The Labute approximate surface area is 293 Å². The van der Waals surface area contributed by atoms with E-state index >= 15 is 8.78 Å². The maximum absolute atomic E-state index is 15.9. The third kappa shape index (κ3) is 6.26. The number of ether oxygens (including phenoxy) is 1. The SMILES string of the molecule is Nc1nnc(-c2ccccc2O)cc1-c1cnn([C@@H]2CCN(C3CCC(c4cccc5c4OCCN5[C@@H]4CCC(=O)NC4=O)CC3)CC2(F)F)c1. The van der Waals surface area contributed by atoms with Crippen LogP contribution in [0.15, 0.2) is 60.9 Å². The smallest absolute Gasteiger partial charge is 0.282 e. The molecule has 51 heavy (non-hydrogen) atoms. The van der Waals surface area contributed by atoms with Gasteiger partial charge in [0.25, 0.3) is 5.92 Å². The molecule has 0 bridgehead atoms. The van der Waals surface area contributed by atoms with Gasteiger partial charge in [-0.05, 0) is 74.3 Å². The fourth-order valence-corrected chi connectivity index (χ4v) is 8.36. The first-order valence-electron chi connectivity index (χ1n) is 17.6. The number of phenols is 1. The summed E-state index contributed by atoms with van der Waals surface area (Å²) in [5.41, 5.74) is 10.1. The van der Waals surface area contributed by atoms with E-state index in [2.05, 4.69) is 31.6 Å². The number of rotatable bonds is 6. The number of alkyl halides is 2. The van der Waals surface area contributed by atoms with Gasteiger partial charge in [0.15, 0.2) is 5.82 Å². The van der Waals surface area contributed by atoms with Crippen LogP contribution in [0.2, 0.25) is 0 Å². The van der Waals surface area contributed by atoms with Crippen molar-refractivity contribution in [2.24, 2.45) is 0 Å². The third-order valence-corrected chi connectivity index (χ3v) is 11.0. The minimum atomic E-state index is -3.01. The van der Waals surface area contributed by atoms with Gasteiger partial charge in [0.05, 0.1) is 30.7 Å². The number of carbonyl (C=O) groups is 2. The minimum absolute atomic E-state index is 0.0458. The molecule has 4 aromatic rings. The Kier molecular flexibility index (Phi) is 8.57. The number of hydrogen-bond acceptors (Lipinski definition) is 10. The predicted octanol–water partition coefficient (Wildman–Crippen LogP) is 4.91. The van der Waals surface area contributed by atoms with E-state index < -0.39 is 18.0 Å². The van der Waals surface area contributed by atoms with Gasteiger partial charge in [-0.1, -0.05) is 24.3 Å². The number of nitrogens with one attached hydrogen (secondary N) is 1. The molecule has 2 atom stereocenters. The van der Waals surface area contributed by atoms with E-state index in [1.807, 2.05) is 17.0 Å². The predicted molar refractivity (Wildman–Crippen MR) is 185 cm³/mol. The minimum Gasteiger partial charge on any atom is -0.507 e. The Morgan fingerprint density at radius 3 is 2.57 bits per heavy atom. The normalized spacial score (nSPS) is 25.2. The molecule has 0 spiro atoms. The number of benzene rings is 2. The van der Waals surface area contributed by atoms with Gasteiger partial charge in [-0.2, -0.15) is 5.10 Å². The molecule has 5 heterocycles. The van der Waals surface area contributed by atoms with E-state index in [1.165, 1.54) is 10.9 Å². The van der Waals surface area contributed by atoms with Crippen molar-refractivity contribution in [3.8, 4) is 33.9 Å². The second-order valence-electron chi connectivity index (χ2n) is 14.0. The zero-order valence-corrected chi connectivity index (χ0v) is 28.0. The molecule has 3 fully saturated rings. The lowest BCUT2D eigenvalue weighted by molar-refractivity contribution is -0.134. The molecule has 1 aliphatic carbocycles. The number of nitrogens with two attached hydrogens (primary N) is 1. The van der Waals surface area contributed by atoms with Gasteiger partial charge in [0.1, 0.15) is 30.2 Å².